The van der Waals surface area contributed by atoms with E-state index in [4.69, 9.17) is 9.15 Å². The van der Waals surface area contributed by atoms with Gasteiger partial charge in [0.15, 0.2) is 0 Å². The highest BCUT2D eigenvalue weighted by Gasteiger charge is 2.46. The van der Waals surface area contributed by atoms with Crippen molar-refractivity contribution in [2.24, 2.45) is 0 Å². The first-order valence-corrected chi connectivity index (χ1v) is 11.2. The summed E-state index contributed by atoms with van der Waals surface area (Å²) in [5, 5.41) is 0. The summed E-state index contributed by atoms with van der Waals surface area (Å²) in [6, 6.07) is 4.26. The van der Waals surface area contributed by atoms with Gasteiger partial charge in [-0.25, -0.2) is 8.42 Å². The van der Waals surface area contributed by atoms with Crippen LogP contribution in [0.15, 0.2) is 22.8 Å². The smallest absolute Gasteiger partial charge is 0.211 e. The van der Waals surface area contributed by atoms with Crippen LogP contribution in [0.5, 0.6) is 0 Å². The van der Waals surface area contributed by atoms with Gasteiger partial charge in [0.2, 0.25) is 10.0 Å². The predicted octanol–water partition coefficient (Wildman–Crippen LogP) is 2.22. The first kappa shape index (κ1) is 17.5. The molecule has 6 nitrogen and oxygen atoms in total. The molecule has 3 aliphatic heterocycles. The Hall–Kier alpha value is -0.890. The summed E-state index contributed by atoms with van der Waals surface area (Å²) in [6.07, 6.45) is 9.37. The molecular formula is C18H28N2O4S. The Morgan fingerprint density at radius 3 is 2.36 bits per heavy atom. The number of ether oxygens (including phenoxy) is 1. The van der Waals surface area contributed by atoms with Crippen LogP contribution < -0.4 is 0 Å². The van der Waals surface area contributed by atoms with Gasteiger partial charge < -0.3 is 9.15 Å². The number of hydrogen-bond donors (Lipinski definition) is 0. The van der Waals surface area contributed by atoms with Gasteiger partial charge in [-0.2, -0.15) is 4.31 Å². The fraction of sp³-hybridized carbons (Fsp3) is 0.778. The molecule has 0 aliphatic carbocycles. The van der Waals surface area contributed by atoms with Crippen molar-refractivity contribution in [2.45, 2.75) is 69.4 Å². The highest BCUT2D eigenvalue weighted by molar-refractivity contribution is 7.88. The molecule has 3 saturated heterocycles. The molecule has 3 atom stereocenters. The summed E-state index contributed by atoms with van der Waals surface area (Å²) < 4.78 is 37.5. The highest BCUT2D eigenvalue weighted by atomic mass is 32.2. The lowest BCUT2D eigenvalue weighted by molar-refractivity contribution is -0.0700. The highest BCUT2D eigenvalue weighted by Crippen LogP contribution is 2.39. The maximum absolute atomic E-state index is 12.0. The van der Waals surface area contributed by atoms with Crippen molar-refractivity contribution in [1.82, 2.24) is 9.21 Å². The maximum atomic E-state index is 12.0. The molecule has 25 heavy (non-hydrogen) atoms. The second kappa shape index (κ2) is 7.02. The van der Waals surface area contributed by atoms with Crippen molar-refractivity contribution >= 4 is 10.0 Å². The molecule has 3 fully saturated rings. The van der Waals surface area contributed by atoms with Crippen LogP contribution in [0.3, 0.4) is 0 Å². The van der Waals surface area contributed by atoms with Gasteiger partial charge >= 0.3 is 0 Å². The first-order valence-electron chi connectivity index (χ1n) is 9.38. The zero-order valence-corrected chi connectivity index (χ0v) is 15.7. The van der Waals surface area contributed by atoms with Crippen LogP contribution in [-0.2, 0) is 21.3 Å². The molecule has 1 unspecified atom stereocenters. The lowest BCUT2D eigenvalue weighted by Crippen LogP contribution is -2.49. The number of rotatable bonds is 5. The van der Waals surface area contributed by atoms with Gasteiger partial charge in [0.1, 0.15) is 5.76 Å². The third-order valence-electron chi connectivity index (χ3n) is 5.88. The average molecular weight is 368 g/mol. The van der Waals surface area contributed by atoms with E-state index in [9.17, 15) is 8.42 Å². The third kappa shape index (κ3) is 3.94. The molecule has 1 aromatic heterocycles. The normalized spacial score (nSPS) is 32.3. The quantitative estimate of drug-likeness (QED) is 0.797. The van der Waals surface area contributed by atoms with Crippen molar-refractivity contribution < 1.29 is 17.6 Å². The summed E-state index contributed by atoms with van der Waals surface area (Å²) in [5.41, 5.74) is 0. The van der Waals surface area contributed by atoms with E-state index in [1.54, 1.807) is 10.6 Å². The van der Waals surface area contributed by atoms with Gasteiger partial charge in [0.25, 0.3) is 0 Å². The molecule has 0 radical (unpaired) electrons. The zero-order chi connectivity index (χ0) is 17.4. The van der Waals surface area contributed by atoms with Crippen LogP contribution in [0.2, 0.25) is 0 Å². The summed E-state index contributed by atoms with van der Waals surface area (Å²) >= 11 is 0. The van der Waals surface area contributed by atoms with Crippen LogP contribution in [0.4, 0.5) is 0 Å². The van der Waals surface area contributed by atoms with Crippen LogP contribution in [0, 0.1) is 0 Å². The molecule has 7 heteroatoms. The van der Waals surface area contributed by atoms with Crippen LogP contribution in [0.1, 0.15) is 44.3 Å². The Balaban J connectivity index is 1.26. The summed E-state index contributed by atoms with van der Waals surface area (Å²) in [7, 11) is -3.09. The monoisotopic (exact) mass is 368 g/mol. The summed E-state index contributed by atoms with van der Waals surface area (Å²) in [4.78, 5) is 2.41. The Morgan fingerprint density at radius 1 is 1.12 bits per heavy atom. The third-order valence-corrected chi connectivity index (χ3v) is 7.25. The van der Waals surface area contributed by atoms with Gasteiger partial charge in [-0.3, -0.25) is 4.90 Å². The lowest BCUT2D eigenvalue weighted by Gasteiger charge is -2.40. The second-order valence-corrected chi connectivity index (χ2v) is 9.65. The van der Waals surface area contributed by atoms with E-state index in [1.165, 1.54) is 6.26 Å². The second-order valence-electron chi connectivity index (χ2n) is 7.76. The Kier molecular flexibility index (Phi) is 4.92. The Morgan fingerprint density at radius 2 is 1.80 bits per heavy atom. The molecule has 4 rings (SSSR count). The van der Waals surface area contributed by atoms with Crippen molar-refractivity contribution in [3.05, 3.63) is 24.2 Å². The average Bonchev–Trinajstić information content (AvgIpc) is 3.16. The first-order chi connectivity index (χ1) is 12.0. The van der Waals surface area contributed by atoms with Gasteiger partial charge in [0.05, 0.1) is 31.3 Å². The van der Waals surface area contributed by atoms with E-state index >= 15 is 0 Å². The molecule has 0 spiro atoms. The largest absolute Gasteiger partial charge is 0.468 e. The predicted molar refractivity (Wildman–Crippen MR) is 94.6 cm³/mol. The van der Waals surface area contributed by atoms with E-state index < -0.39 is 10.0 Å². The SMILES string of the molecule is CS(=O)(=O)N1[C@@H]2CC[C@H]1CC(OC1CCN(Cc3ccco3)CC1)C2. The maximum Gasteiger partial charge on any atom is 0.211 e. The van der Waals surface area contributed by atoms with Gasteiger partial charge in [-0.05, 0) is 50.7 Å². The van der Waals surface area contributed by atoms with Crippen LogP contribution in [0.25, 0.3) is 0 Å². The zero-order valence-electron chi connectivity index (χ0n) is 14.8. The molecule has 140 valence electrons. The topological polar surface area (TPSA) is 63.0 Å². The standard InChI is InChI=1S/C18H28N2O4S/c1-25(21,22)20-14-4-5-15(20)12-18(11-14)24-16-6-8-19(9-7-16)13-17-3-2-10-23-17/h2-3,10,14-16,18H,4-9,11-13H2,1H3/t14-,15+,18?. The van der Waals surface area contributed by atoms with Gasteiger partial charge in [-0.1, -0.05) is 0 Å². The van der Waals surface area contributed by atoms with Crippen LogP contribution >= 0.6 is 0 Å². The molecule has 0 saturated carbocycles. The summed E-state index contributed by atoms with van der Waals surface area (Å²) in [5.74, 6) is 1.02. The van der Waals surface area contributed by atoms with Crippen molar-refractivity contribution in [3.8, 4) is 0 Å². The van der Waals surface area contributed by atoms with E-state index in [0.29, 0.717) is 6.10 Å². The number of likely N-dealkylation sites (tertiary alicyclic amines) is 1. The number of hydrogen-bond acceptors (Lipinski definition) is 5. The minimum absolute atomic E-state index is 0.151. The molecular weight excluding hydrogens is 340 g/mol. The van der Waals surface area contributed by atoms with E-state index in [0.717, 1.165) is 63.9 Å². The molecule has 0 amide bonds. The van der Waals surface area contributed by atoms with E-state index in [-0.39, 0.29) is 18.2 Å². The molecule has 1 aromatic rings. The number of fused-ring (bicyclic) bond motifs is 2. The van der Waals surface area contributed by atoms with Gasteiger partial charge in [-0.15, -0.1) is 0 Å². The minimum atomic E-state index is -3.09. The number of nitrogens with zero attached hydrogens (tertiary/aromatic N) is 2. The number of piperidine rings is 2. The summed E-state index contributed by atoms with van der Waals surface area (Å²) in [6.45, 7) is 2.93. The van der Waals surface area contributed by atoms with Crippen molar-refractivity contribution in [3.63, 3.8) is 0 Å². The van der Waals surface area contributed by atoms with E-state index in [1.807, 2.05) is 12.1 Å². The molecule has 0 aromatic carbocycles. The molecule has 3 aliphatic rings. The fourth-order valence-electron chi connectivity index (χ4n) is 4.84. The van der Waals surface area contributed by atoms with Gasteiger partial charge in [0, 0.05) is 25.2 Å². The lowest BCUT2D eigenvalue weighted by atomic mass is 10.0. The molecule has 0 N–H and O–H groups in total. The molecule has 4 heterocycles. The molecule has 2 bridgehead atoms. The Labute approximate surface area is 150 Å². The fourth-order valence-corrected chi connectivity index (χ4v) is 6.30. The number of furan rings is 1. The Bertz CT molecular complexity index is 653. The minimum Gasteiger partial charge on any atom is -0.468 e. The van der Waals surface area contributed by atoms with Crippen molar-refractivity contribution in [1.29, 1.82) is 0 Å². The van der Waals surface area contributed by atoms with Crippen molar-refractivity contribution in [2.75, 3.05) is 19.3 Å². The van der Waals surface area contributed by atoms with E-state index in [2.05, 4.69) is 4.90 Å². The number of sulfonamides is 1. The van der Waals surface area contributed by atoms with Crippen LogP contribution in [-0.4, -0.2) is 61.3 Å².